The molecule has 2 aromatic rings. The van der Waals surface area contributed by atoms with Crippen LogP contribution in [0.1, 0.15) is 41.4 Å². The molecule has 1 atom stereocenters. The summed E-state index contributed by atoms with van der Waals surface area (Å²) in [7, 11) is 0. The summed E-state index contributed by atoms with van der Waals surface area (Å²) in [5.74, 6) is 0.326. The number of thiazole rings is 1. The summed E-state index contributed by atoms with van der Waals surface area (Å²) in [5.41, 5.74) is 3.49. The highest BCUT2D eigenvalue weighted by atomic mass is 32.1. The Bertz CT molecular complexity index is 739. The van der Waals surface area contributed by atoms with Gasteiger partial charge in [-0.25, -0.2) is 9.97 Å². The van der Waals surface area contributed by atoms with E-state index in [0.29, 0.717) is 13.0 Å². The lowest BCUT2D eigenvalue weighted by Gasteiger charge is -2.32. The number of rotatable bonds is 4. The zero-order valence-corrected chi connectivity index (χ0v) is 13.9. The van der Waals surface area contributed by atoms with Crippen molar-refractivity contribution in [3.8, 4) is 0 Å². The van der Waals surface area contributed by atoms with Gasteiger partial charge >= 0.3 is 0 Å². The van der Waals surface area contributed by atoms with Gasteiger partial charge in [-0.1, -0.05) is 0 Å². The first-order chi connectivity index (χ1) is 11.1. The van der Waals surface area contributed by atoms with Gasteiger partial charge in [-0.2, -0.15) is 0 Å². The number of hydrogen-bond donors (Lipinski definition) is 1. The van der Waals surface area contributed by atoms with Crippen LogP contribution in [-0.2, 0) is 11.2 Å². The Balaban J connectivity index is 1.60. The fourth-order valence-corrected chi connectivity index (χ4v) is 3.78. The second-order valence-corrected chi connectivity index (χ2v) is 6.82. The van der Waals surface area contributed by atoms with E-state index in [0.717, 1.165) is 37.2 Å². The fraction of sp³-hybridized carbons (Fsp3) is 0.500. The topological polar surface area (TPSA) is 79.0 Å². The summed E-state index contributed by atoms with van der Waals surface area (Å²) < 4.78 is 0. The molecular formula is C16H20N4O2S. The zero-order valence-electron chi connectivity index (χ0n) is 13.1. The Kier molecular flexibility index (Phi) is 4.85. The van der Waals surface area contributed by atoms with Crippen LogP contribution in [0.5, 0.6) is 0 Å². The quantitative estimate of drug-likeness (QED) is 0.927. The number of aryl methyl sites for hydroxylation is 2. The first-order valence-corrected chi connectivity index (χ1v) is 8.73. The van der Waals surface area contributed by atoms with Gasteiger partial charge in [0.2, 0.25) is 5.91 Å². The Morgan fingerprint density at radius 3 is 3.09 bits per heavy atom. The van der Waals surface area contributed by atoms with E-state index < -0.39 is 0 Å². The molecule has 1 unspecified atom stereocenters. The van der Waals surface area contributed by atoms with Gasteiger partial charge in [0.15, 0.2) is 0 Å². The number of carbonyl (C=O) groups excluding carboxylic acids is 1. The van der Waals surface area contributed by atoms with Gasteiger partial charge in [0.1, 0.15) is 0 Å². The number of amides is 1. The van der Waals surface area contributed by atoms with Crippen molar-refractivity contribution in [2.75, 3.05) is 13.1 Å². The predicted octanol–water partition coefficient (Wildman–Crippen LogP) is 1.87. The van der Waals surface area contributed by atoms with Crippen molar-refractivity contribution >= 4 is 17.2 Å². The molecule has 2 aromatic heterocycles. The summed E-state index contributed by atoms with van der Waals surface area (Å²) in [4.78, 5) is 38.0. The molecular weight excluding hydrogens is 312 g/mol. The molecule has 0 saturated carbocycles. The third-order valence-electron chi connectivity index (χ3n) is 4.30. The highest BCUT2D eigenvalue weighted by Gasteiger charge is 2.25. The van der Waals surface area contributed by atoms with Crippen LogP contribution >= 0.6 is 11.3 Å². The number of hydrogen-bond acceptors (Lipinski definition) is 5. The molecule has 1 amide bonds. The second kappa shape index (κ2) is 7.04. The maximum atomic E-state index is 12.5. The van der Waals surface area contributed by atoms with Crippen molar-refractivity contribution in [3.63, 3.8) is 0 Å². The highest BCUT2D eigenvalue weighted by Crippen LogP contribution is 2.25. The van der Waals surface area contributed by atoms with Crippen molar-refractivity contribution < 1.29 is 4.79 Å². The number of nitrogens with zero attached hydrogens (tertiary/aromatic N) is 3. The van der Waals surface area contributed by atoms with Gasteiger partial charge in [-0.3, -0.25) is 9.59 Å². The van der Waals surface area contributed by atoms with Crippen LogP contribution in [0.4, 0.5) is 0 Å². The standard InChI is InChI=1S/C16H20N4O2S/c1-11-14(23-10-19-11)4-5-16(22)20-6-2-3-12(8-20)13-7-15(21)18-9-17-13/h7,9-10,12H,2-6,8H2,1H3,(H,17,18,21). The molecule has 23 heavy (non-hydrogen) atoms. The van der Waals surface area contributed by atoms with Gasteiger partial charge < -0.3 is 9.88 Å². The summed E-state index contributed by atoms with van der Waals surface area (Å²) in [5, 5.41) is 0. The summed E-state index contributed by atoms with van der Waals surface area (Å²) in [6, 6.07) is 1.54. The molecule has 3 rings (SSSR count). The van der Waals surface area contributed by atoms with E-state index >= 15 is 0 Å². The maximum absolute atomic E-state index is 12.5. The van der Waals surface area contributed by atoms with E-state index in [-0.39, 0.29) is 17.4 Å². The van der Waals surface area contributed by atoms with Crippen molar-refractivity contribution in [1.82, 2.24) is 19.9 Å². The largest absolute Gasteiger partial charge is 0.342 e. The van der Waals surface area contributed by atoms with Crippen molar-refractivity contribution in [2.24, 2.45) is 0 Å². The van der Waals surface area contributed by atoms with Crippen LogP contribution in [0.3, 0.4) is 0 Å². The first kappa shape index (κ1) is 15.9. The van der Waals surface area contributed by atoms with E-state index in [9.17, 15) is 9.59 Å². The minimum atomic E-state index is -0.140. The summed E-state index contributed by atoms with van der Waals surface area (Å²) >= 11 is 1.61. The molecule has 0 spiro atoms. The number of aromatic nitrogens is 3. The normalized spacial score (nSPS) is 18.1. The SMILES string of the molecule is Cc1ncsc1CCC(=O)N1CCCC(c2cc(=O)[nH]cn2)C1. The van der Waals surface area contributed by atoms with Crippen molar-refractivity contribution in [1.29, 1.82) is 0 Å². The number of likely N-dealkylation sites (tertiary alicyclic amines) is 1. The minimum absolute atomic E-state index is 0.140. The van der Waals surface area contributed by atoms with Crippen LogP contribution in [0.15, 0.2) is 22.7 Å². The molecule has 0 aliphatic carbocycles. The molecule has 1 N–H and O–H groups in total. The van der Waals surface area contributed by atoms with Gasteiger partial charge in [-0.15, -0.1) is 11.3 Å². The average molecular weight is 332 g/mol. The van der Waals surface area contributed by atoms with Gasteiger partial charge in [0, 0.05) is 36.4 Å². The number of aromatic amines is 1. The Morgan fingerprint density at radius 2 is 2.35 bits per heavy atom. The summed E-state index contributed by atoms with van der Waals surface area (Å²) in [6.07, 6.45) is 4.61. The van der Waals surface area contributed by atoms with Crippen LogP contribution < -0.4 is 5.56 Å². The maximum Gasteiger partial charge on any atom is 0.250 e. The van der Waals surface area contributed by atoms with Gasteiger partial charge in [0.05, 0.1) is 23.2 Å². The first-order valence-electron chi connectivity index (χ1n) is 7.85. The van der Waals surface area contributed by atoms with Crippen molar-refractivity contribution in [3.05, 3.63) is 44.5 Å². The third kappa shape index (κ3) is 3.85. The Morgan fingerprint density at radius 1 is 1.48 bits per heavy atom. The van der Waals surface area contributed by atoms with E-state index in [1.54, 1.807) is 17.4 Å². The van der Waals surface area contributed by atoms with E-state index in [2.05, 4.69) is 15.0 Å². The molecule has 1 aliphatic rings. The second-order valence-electron chi connectivity index (χ2n) is 5.88. The molecule has 7 heteroatoms. The van der Waals surface area contributed by atoms with Crippen LogP contribution in [0.25, 0.3) is 0 Å². The molecule has 1 fully saturated rings. The number of piperidine rings is 1. The molecule has 0 bridgehead atoms. The highest BCUT2D eigenvalue weighted by molar-refractivity contribution is 7.09. The number of carbonyl (C=O) groups is 1. The van der Waals surface area contributed by atoms with Crippen molar-refractivity contribution in [2.45, 2.75) is 38.5 Å². The average Bonchev–Trinajstić information content (AvgIpc) is 2.98. The summed E-state index contributed by atoms with van der Waals surface area (Å²) in [6.45, 7) is 3.42. The van der Waals surface area contributed by atoms with Crippen LogP contribution in [-0.4, -0.2) is 38.8 Å². The van der Waals surface area contributed by atoms with E-state index in [1.165, 1.54) is 11.2 Å². The lowest BCUT2D eigenvalue weighted by atomic mass is 9.94. The lowest BCUT2D eigenvalue weighted by Crippen LogP contribution is -2.39. The number of H-pyrrole nitrogens is 1. The van der Waals surface area contributed by atoms with Gasteiger partial charge in [0.25, 0.3) is 5.56 Å². The Labute approximate surface area is 138 Å². The fourth-order valence-electron chi connectivity index (χ4n) is 3.00. The third-order valence-corrected chi connectivity index (χ3v) is 5.30. The van der Waals surface area contributed by atoms with Crippen LogP contribution in [0.2, 0.25) is 0 Å². The number of nitrogens with one attached hydrogen (secondary N) is 1. The molecule has 1 aliphatic heterocycles. The smallest absolute Gasteiger partial charge is 0.250 e. The Hall–Kier alpha value is -2.02. The monoisotopic (exact) mass is 332 g/mol. The molecule has 6 nitrogen and oxygen atoms in total. The molecule has 1 saturated heterocycles. The molecule has 122 valence electrons. The molecule has 3 heterocycles. The zero-order chi connectivity index (χ0) is 16.2. The molecule has 0 radical (unpaired) electrons. The lowest BCUT2D eigenvalue weighted by molar-refractivity contribution is -0.132. The molecule has 0 aromatic carbocycles. The predicted molar refractivity (Wildman–Crippen MR) is 88.6 cm³/mol. The van der Waals surface area contributed by atoms with Gasteiger partial charge in [-0.05, 0) is 26.2 Å². The van der Waals surface area contributed by atoms with E-state index in [4.69, 9.17) is 0 Å². The van der Waals surface area contributed by atoms with Crippen LogP contribution in [0, 0.1) is 6.92 Å². The van der Waals surface area contributed by atoms with E-state index in [1.807, 2.05) is 17.3 Å². The minimum Gasteiger partial charge on any atom is -0.342 e.